The Hall–Kier alpha value is -1.29. The van der Waals surface area contributed by atoms with Crippen LogP contribution in [0.3, 0.4) is 0 Å². The average molecular weight is 280 g/mol. The molecule has 0 saturated heterocycles. The van der Waals surface area contributed by atoms with Gasteiger partial charge in [0.2, 0.25) is 5.76 Å². The van der Waals surface area contributed by atoms with Crippen molar-refractivity contribution in [2.24, 2.45) is 11.8 Å². The van der Waals surface area contributed by atoms with Gasteiger partial charge in [0, 0.05) is 0 Å². The molecule has 1 aromatic heterocycles. The molecule has 0 spiro atoms. The summed E-state index contributed by atoms with van der Waals surface area (Å²) in [5.41, 5.74) is -0.949. The lowest BCUT2D eigenvalue weighted by atomic mass is 9.87. The summed E-state index contributed by atoms with van der Waals surface area (Å²) in [6, 6.07) is 3.27. The maximum absolute atomic E-state index is 11.4. The van der Waals surface area contributed by atoms with Crippen molar-refractivity contribution in [1.82, 2.24) is 0 Å². The van der Waals surface area contributed by atoms with Crippen LogP contribution in [-0.4, -0.2) is 18.2 Å². The zero-order valence-corrected chi connectivity index (χ0v) is 12.5. The molecular weight excluding hydrogens is 256 g/mol. The fourth-order valence-electron chi connectivity index (χ4n) is 3.06. The number of hydrogen-bond donors (Lipinski definition) is 1. The summed E-state index contributed by atoms with van der Waals surface area (Å²) in [4.78, 5) is 11.4. The molecule has 1 saturated carbocycles. The number of hydrogen-bond acceptors (Lipinski definition) is 4. The molecule has 1 aromatic rings. The van der Waals surface area contributed by atoms with Gasteiger partial charge in [-0.05, 0) is 49.7 Å². The van der Waals surface area contributed by atoms with E-state index in [1.807, 2.05) is 0 Å². The van der Waals surface area contributed by atoms with E-state index in [1.54, 1.807) is 12.1 Å². The quantitative estimate of drug-likeness (QED) is 0.680. The number of ether oxygens (including phenoxy) is 1. The molecular formula is C16H24O4. The Kier molecular flexibility index (Phi) is 4.53. The van der Waals surface area contributed by atoms with Gasteiger partial charge in [-0.3, -0.25) is 0 Å². The van der Waals surface area contributed by atoms with Gasteiger partial charge in [0.1, 0.15) is 11.4 Å². The summed E-state index contributed by atoms with van der Waals surface area (Å²) in [7, 11) is 1.32. The SMILES string of the molecule is COC(=O)c1ccc(C2(O)CCCC(C(C)C)CC2)o1. The lowest BCUT2D eigenvalue weighted by Crippen LogP contribution is -2.24. The van der Waals surface area contributed by atoms with Crippen LogP contribution in [0.4, 0.5) is 0 Å². The highest BCUT2D eigenvalue weighted by Gasteiger charge is 2.36. The smallest absolute Gasteiger partial charge is 0.373 e. The molecule has 112 valence electrons. The minimum atomic E-state index is -0.949. The molecule has 1 heterocycles. The summed E-state index contributed by atoms with van der Waals surface area (Å²) >= 11 is 0. The first kappa shape index (κ1) is 15.1. The zero-order valence-electron chi connectivity index (χ0n) is 12.5. The molecule has 4 nitrogen and oxygen atoms in total. The molecule has 0 aliphatic heterocycles. The molecule has 1 fully saturated rings. The van der Waals surface area contributed by atoms with E-state index in [1.165, 1.54) is 7.11 Å². The van der Waals surface area contributed by atoms with E-state index in [4.69, 9.17) is 4.42 Å². The van der Waals surface area contributed by atoms with Crippen molar-refractivity contribution >= 4 is 5.97 Å². The maximum Gasteiger partial charge on any atom is 0.373 e. The number of methoxy groups -OCH3 is 1. The van der Waals surface area contributed by atoms with Gasteiger partial charge in [-0.15, -0.1) is 0 Å². The lowest BCUT2D eigenvalue weighted by Gasteiger charge is -2.24. The third-order valence-electron chi connectivity index (χ3n) is 4.49. The molecule has 2 atom stereocenters. The van der Waals surface area contributed by atoms with Gasteiger partial charge in [0.05, 0.1) is 7.11 Å². The predicted molar refractivity (Wildman–Crippen MR) is 75.4 cm³/mol. The Morgan fingerprint density at radius 1 is 1.40 bits per heavy atom. The highest BCUT2D eigenvalue weighted by Crippen LogP contribution is 2.40. The molecule has 20 heavy (non-hydrogen) atoms. The summed E-state index contributed by atoms with van der Waals surface area (Å²) in [6.07, 6.45) is 4.48. The third-order valence-corrected chi connectivity index (χ3v) is 4.49. The van der Waals surface area contributed by atoms with Crippen LogP contribution in [0.1, 0.15) is 62.3 Å². The van der Waals surface area contributed by atoms with Gasteiger partial charge in [-0.25, -0.2) is 4.79 Å². The maximum atomic E-state index is 11.4. The molecule has 4 heteroatoms. The number of esters is 1. The number of aliphatic hydroxyl groups is 1. The molecule has 0 aromatic carbocycles. The van der Waals surface area contributed by atoms with Crippen molar-refractivity contribution in [3.8, 4) is 0 Å². The van der Waals surface area contributed by atoms with Crippen LogP contribution in [0, 0.1) is 11.8 Å². The second-order valence-corrected chi connectivity index (χ2v) is 6.12. The van der Waals surface area contributed by atoms with Gasteiger partial charge in [0.25, 0.3) is 0 Å². The topological polar surface area (TPSA) is 59.7 Å². The molecule has 1 N–H and O–H groups in total. The summed E-state index contributed by atoms with van der Waals surface area (Å²) in [5.74, 6) is 1.43. The molecule has 2 unspecified atom stereocenters. The van der Waals surface area contributed by atoms with Crippen molar-refractivity contribution in [2.75, 3.05) is 7.11 Å². The first-order chi connectivity index (χ1) is 9.46. The number of carbonyl (C=O) groups excluding carboxylic acids is 1. The van der Waals surface area contributed by atoms with Crippen LogP contribution < -0.4 is 0 Å². The summed E-state index contributed by atoms with van der Waals surface area (Å²) in [5, 5.41) is 10.8. The van der Waals surface area contributed by atoms with Gasteiger partial charge in [0.15, 0.2) is 0 Å². The Balaban J connectivity index is 2.14. The second-order valence-electron chi connectivity index (χ2n) is 6.12. The normalized spacial score (nSPS) is 27.4. The van der Waals surface area contributed by atoms with Crippen LogP contribution in [0.25, 0.3) is 0 Å². The Morgan fingerprint density at radius 3 is 2.80 bits per heavy atom. The van der Waals surface area contributed by atoms with Crippen molar-refractivity contribution in [1.29, 1.82) is 0 Å². The van der Waals surface area contributed by atoms with Crippen molar-refractivity contribution < 1.29 is 19.1 Å². The van der Waals surface area contributed by atoms with E-state index in [0.717, 1.165) is 19.3 Å². The fourth-order valence-corrected chi connectivity index (χ4v) is 3.06. The zero-order chi connectivity index (χ0) is 14.8. The van der Waals surface area contributed by atoms with E-state index in [-0.39, 0.29) is 5.76 Å². The highest BCUT2D eigenvalue weighted by molar-refractivity contribution is 5.86. The van der Waals surface area contributed by atoms with Crippen LogP contribution in [-0.2, 0) is 10.3 Å². The van der Waals surface area contributed by atoms with E-state index in [0.29, 0.717) is 30.4 Å². The van der Waals surface area contributed by atoms with E-state index in [9.17, 15) is 9.90 Å². The Labute approximate surface area is 120 Å². The van der Waals surface area contributed by atoms with Gasteiger partial charge in [-0.1, -0.05) is 20.3 Å². The van der Waals surface area contributed by atoms with E-state index >= 15 is 0 Å². The highest BCUT2D eigenvalue weighted by atomic mass is 16.5. The second kappa shape index (κ2) is 6.00. The summed E-state index contributed by atoms with van der Waals surface area (Å²) in [6.45, 7) is 4.47. The van der Waals surface area contributed by atoms with Crippen molar-refractivity contribution in [3.63, 3.8) is 0 Å². The van der Waals surface area contributed by atoms with Crippen molar-refractivity contribution in [3.05, 3.63) is 23.7 Å². The molecule has 1 aliphatic rings. The van der Waals surface area contributed by atoms with E-state index < -0.39 is 11.6 Å². The first-order valence-electron chi connectivity index (χ1n) is 7.37. The molecule has 0 radical (unpaired) electrons. The van der Waals surface area contributed by atoms with Gasteiger partial charge in [-0.2, -0.15) is 0 Å². The number of carbonyl (C=O) groups is 1. The number of furan rings is 1. The Bertz CT molecular complexity index is 463. The monoisotopic (exact) mass is 280 g/mol. The number of rotatable bonds is 3. The van der Waals surface area contributed by atoms with Crippen LogP contribution >= 0.6 is 0 Å². The van der Waals surface area contributed by atoms with Gasteiger partial charge >= 0.3 is 5.97 Å². The van der Waals surface area contributed by atoms with E-state index in [2.05, 4.69) is 18.6 Å². The van der Waals surface area contributed by atoms with Gasteiger partial charge < -0.3 is 14.3 Å². The fraction of sp³-hybridized carbons (Fsp3) is 0.688. The molecule has 1 aliphatic carbocycles. The largest absolute Gasteiger partial charge is 0.463 e. The standard InChI is InChI=1S/C16H24O4/c1-11(2)12-5-4-9-16(18,10-8-12)14-7-6-13(20-14)15(17)19-3/h6-7,11-12,18H,4-5,8-10H2,1-3H3. The third kappa shape index (κ3) is 3.06. The predicted octanol–water partition coefficient (Wildman–Crippen LogP) is 3.49. The Morgan fingerprint density at radius 2 is 2.15 bits per heavy atom. The molecule has 0 bridgehead atoms. The van der Waals surface area contributed by atoms with Crippen LogP contribution in [0.15, 0.2) is 16.5 Å². The van der Waals surface area contributed by atoms with Crippen LogP contribution in [0.5, 0.6) is 0 Å². The van der Waals surface area contributed by atoms with Crippen molar-refractivity contribution in [2.45, 2.75) is 51.6 Å². The average Bonchev–Trinajstić information content (AvgIpc) is 2.83. The molecule has 0 amide bonds. The minimum absolute atomic E-state index is 0.153. The van der Waals surface area contributed by atoms with Crippen LogP contribution in [0.2, 0.25) is 0 Å². The lowest BCUT2D eigenvalue weighted by molar-refractivity contribution is -0.00310. The summed E-state index contributed by atoms with van der Waals surface area (Å²) < 4.78 is 10.1. The first-order valence-corrected chi connectivity index (χ1v) is 7.37. The molecule has 2 rings (SSSR count). The minimum Gasteiger partial charge on any atom is -0.463 e.